The fourth-order valence-corrected chi connectivity index (χ4v) is 1.22. The maximum Gasteiger partial charge on any atom is 0.320 e. The molecule has 7 nitrogen and oxygen atoms in total. The van der Waals surface area contributed by atoms with Gasteiger partial charge in [-0.25, -0.2) is 5.90 Å². The number of unbranched alkanes of at least 4 members (excludes halogenated alkanes) is 1. The third-order valence-electron chi connectivity index (χ3n) is 2.10. The Hall–Kier alpha value is -1.18. The highest BCUT2D eigenvalue weighted by atomic mass is 16.6. The van der Waals surface area contributed by atoms with Crippen LogP contribution in [0.5, 0.6) is 0 Å². The number of aliphatic carboxylic acids is 1. The minimum atomic E-state index is -0.858. The summed E-state index contributed by atoms with van der Waals surface area (Å²) in [7, 11) is 1.61. The summed E-state index contributed by atoms with van der Waals surface area (Å²) in [6, 6.07) is -0.525. The van der Waals surface area contributed by atoms with Crippen molar-refractivity contribution >= 4 is 11.9 Å². The van der Waals surface area contributed by atoms with E-state index in [0.29, 0.717) is 13.0 Å². The van der Waals surface area contributed by atoms with Crippen molar-refractivity contribution < 1.29 is 19.5 Å². The van der Waals surface area contributed by atoms with Crippen LogP contribution in [0.15, 0.2) is 0 Å². The lowest BCUT2D eigenvalue weighted by Crippen LogP contribution is -2.34. The Morgan fingerprint density at radius 1 is 1.44 bits per heavy atom. The Labute approximate surface area is 94.3 Å². The maximum atomic E-state index is 10.9. The van der Waals surface area contributed by atoms with Gasteiger partial charge in [-0.05, 0) is 26.3 Å². The molecule has 0 aromatic rings. The van der Waals surface area contributed by atoms with E-state index in [9.17, 15) is 9.59 Å². The number of nitrogens with two attached hydrogens (primary N) is 1. The van der Waals surface area contributed by atoms with E-state index in [1.807, 2.05) is 0 Å². The smallest absolute Gasteiger partial charge is 0.320 e. The molecule has 0 fully saturated rings. The van der Waals surface area contributed by atoms with Crippen molar-refractivity contribution in [2.24, 2.45) is 5.90 Å². The van der Waals surface area contributed by atoms with Crippen LogP contribution in [0.1, 0.15) is 19.3 Å². The van der Waals surface area contributed by atoms with Crippen molar-refractivity contribution in [3.63, 3.8) is 0 Å². The quantitative estimate of drug-likeness (QED) is 0.295. The molecule has 16 heavy (non-hydrogen) atoms. The molecule has 0 saturated heterocycles. The first-order chi connectivity index (χ1) is 7.61. The van der Waals surface area contributed by atoms with Crippen LogP contribution >= 0.6 is 0 Å². The number of likely N-dealkylation sites (N-methyl/N-ethyl adjacent to an activating group) is 1. The minimum Gasteiger partial charge on any atom is -0.480 e. The number of hydrogen-bond donors (Lipinski definition) is 4. The SMILES string of the molecule is CNC(CCCCNC(=O)CON)C(=O)O. The predicted molar refractivity (Wildman–Crippen MR) is 57.5 cm³/mol. The zero-order chi connectivity index (χ0) is 12.4. The molecule has 0 spiro atoms. The third-order valence-corrected chi connectivity index (χ3v) is 2.10. The van der Waals surface area contributed by atoms with Gasteiger partial charge in [0.1, 0.15) is 12.6 Å². The maximum absolute atomic E-state index is 10.9. The second-order valence-corrected chi connectivity index (χ2v) is 3.34. The average Bonchev–Trinajstić information content (AvgIpc) is 2.23. The topological polar surface area (TPSA) is 114 Å². The average molecular weight is 233 g/mol. The third kappa shape index (κ3) is 7.16. The first kappa shape index (κ1) is 14.8. The summed E-state index contributed by atoms with van der Waals surface area (Å²) in [4.78, 5) is 25.7. The lowest BCUT2D eigenvalue weighted by atomic mass is 10.1. The molecule has 0 aromatic heterocycles. The van der Waals surface area contributed by atoms with E-state index in [1.165, 1.54) is 0 Å². The first-order valence-corrected chi connectivity index (χ1v) is 5.10. The molecule has 0 heterocycles. The minimum absolute atomic E-state index is 0.158. The van der Waals surface area contributed by atoms with Crippen molar-refractivity contribution in [3.05, 3.63) is 0 Å². The van der Waals surface area contributed by atoms with Crippen molar-refractivity contribution in [2.75, 3.05) is 20.2 Å². The number of nitrogens with one attached hydrogen (secondary N) is 2. The normalized spacial score (nSPS) is 12.1. The number of carboxylic acids is 1. The summed E-state index contributed by atoms with van der Waals surface area (Å²) >= 11 is 0. The van der Waals surface area contributed by atoms with E-state index in [-0.39, 0.29) is 12.5 Å². The molecule has 1 amide bonds. The zero-order valence-corrected chi connectivity index (χ0v) is 9.36. The number of carboxylic acid groups (broad SMARTS) is 1. The van der Waals surface area contributed by atoms with Gasteiger partial charge in [-0.15, -0.1) is 0 Å². The highest BCUT2D eigenvalue weighted by Gasteiger charge is 2.13. The molecular weight excluding hydrogens is 214 g/mol. The van der Waals surface area contributed by atoms with Crippen LogP contribution in [0.2, 0.25) is 0 Å². The van der Waals surface area contributed by atoms with E-state index in [2.05, 4.69) is 15.5 Å². The molecule has 1 unspecified atom stereocenters. The van der Waals surface area contributed by atoms with Crippen LogP contribution in [0, 0.1) is 0 Å². The molecule has 5 N–H and O–H groups in total. The molecule has 0 bridgehead atoms. The van der Waals surface area contributed by atoms with E-state index >= 15 is 0 Å². The molecule has 7 heteroatoms. The van der Waals surface area contributed by atoms with Crippen LogP contribution in [-0.2, 0) is 14.4 Å². The van der Waals surface area contributed by atoms with Gasteiger partial charge in [-0.3, -0.25) is 14.4 Å². The number of carbonyl (C=O) groups excluding carboxylic acids is 1. The van der Waals surface area contributed by atoms with Crippen LogP contribution in [0.25, 0.3) is 0 Å². The summed E-state index contributed by atoms with van der Waals surface area (Å²) in [5.74, 6) is 3.59. The van der Waals surface area contributed by atoms with E-state index in [4.69, 9.17) is 11.0 Å². The molecule has 0 radical (unpaired) electrons. The number of hydrogen-bond acceptors (Lipinski definition) is 5. The van der Waals surface area contributed by atoms with Gasteiger partial charge in [0.05, 0.1) is 0 Å². The Kier molecular flexibility index (Phi) is 8.41. The van der Waals surface area contributed by atoms with E-state index < -0.39 is 12.0 Å². The molecule has 0 aromatic carbocycles. The van der Waals surface area contributed by atoms with Gasteiger partial charge in [0.15, 0.2) is 0 Å². The summed E-state index contributed by atoms with van der Waals surface area (Å²) in [5, 5.41) is 14.0. The summed E-state index contributed by atoms with van der Waals surface area (Å²) in [6.07, 6.45) is 1.98. The molecular formula is C9H19N3O4. The Morgan fingerprint density at radius 3 is 2.62 bits per heavy atom. The Balaban J connectivity index is 3.45. The van der Waals surface area contributed by atoms with E-state index in [0.717, 1.165) is 12.8 Å². The Morgan fingerprint density at radius 2 is 2.12 bits per heavy atom. The molecule has 0 aliphatic rings. The summed E-state index contributed by atoms with van der Waals surface area (Å²) in [6.45, 7) is 0.340. The van der Waals surface area contributed by atoms with Crippen LogP contribution < -0.4 is 16.5 Å². The number of rotatable bonds is 9. The van der Waals surface area contributed by atoms with Crippen LogP contribution in [0.3, 0.4) is 0 Å². The first-order valence-electron chi connectivity index (χ1n) is 5.10. The largest absolute Gasteiger partial charge is 0.480 e. The lowest BCUT2D eigenvalue weighted by Gasteiger charge is -2.10. The van der Waals surface area contributed by atoms with Crippen molar-refractivity contribution in [1.29, 1.82) is 0 Å². The Bertz CT molecular complexity index is 223. The summed E-state index contributed by atoms with van der Waals surface area (Å²) in [5.41, 5.74) is 0. The fraction of sp³-hybridized carbons (Fsp3) is 0.778. The second-order valence-electron chi connectivity index (χ2n) is 3.34. The molecule has 1 atom stereocenters. The van der Waals surface area contributed by atoms with Crippen LogP contribution in [-0.4, -0.2) is 43.2 Å². The lowest BCUT2D eigenvalue weighted by molar-refractivity contribution is -0.139. The molecule has 0 saturated carbocycles. The van der Waals surface area contributed by atoms with Crippen molar-refractivity contribution in [1.82, 2.24) is 10.6 Å². The highest BCUT2D eigenvalue weighted by molar-refractivity contribution is 5.77. The molecule has 0 aliphatic heterocycles. The van der Waals surface area contributed by atoms with Gasteiger partial charge in [-0.1, -0.05) is 0 Å². The number of amides is 1. The predicted octanol–water partition coefficient (Wildman–Crippen LogP) is -1.16. The van der Waals surface area contributed by atoms with Gasteiger partial charge in [-0.2, -0.15) is 0 Å². The second kappa shape index (κ2) is 9.08. The van der Waals surface area contributed by atoms with E-state index in [1.54, 1.807) is 7.05 Å². The summed E-state index contributed by atoms with van der Waals surface area (Å²) < 4.78 is 0. The van der Waals surface area contributed by atoms with Gasteiger partial charge >= 0.3 is 5.97 Å². The number of carbonyl (C=O) groups is 2. The molecule has 94 valence electrons. The van der Waals surface area contributed by atoms with Gasteiger partial charge in [0.2, 0.25) is 5.91 Å². The standard InChI is InChI=1S/C9H19N3O4/c1-11-7(9(14)15)4-2-3-5-12-8(13)6-16-10/h7,11H,2-6,10H2,1H3,(H,12,13)(H,14,15). The fourth-order valence-electron chi connectivity index (χ4n) is 1.22. The van der Waals surface area contributed by atoms with Crippen LogP contribution in [0.4, 0.5) is 0 Å². The van der Waals surface area contributed by atoms with Gasteiger partial charge in [0.25, 0.3) is 0 Å². The van der Waals surface area contributed by atoms with Gasteiger partial charge in [0, 0.05) is 6.54 Å². The molecule has 0 rings (SSSR count). The molecule has 0 aliphatic carbocycles. The van der Waals surface area contributed by atoms with Gasteiger partial charge < -0.3 is 15.7 Å². The monoisotopic (exact) mass is 233 g/mol. The highest BCUT2D eigenvalue weighted by Crippen LogP contribution is 2.00. The van der Waals surface area contributed by atoms with Crippen molar-refractivity contribution in [3.8, 4) is 0 Å². The van der Waals surface area contributed by atoms with Crippen molar-refractivity contribution in [2.45, 2.75) is 25.3 Å². The zero-order valence-electron chi connectivity index (χ0n) is 9.36.